The summed E-state index contributed by atoms with van der Waals surface area (Å²) >= 11 is 0. The maximum absolute atomic E-state index is 13.2. The van der Waals surface area contributed by atoms with Crippen LogP contribution in [0.15, 0.2) is 47.4 Å². The maximum atomic E-state index is 13.2. The molecule has 34 heavy (non-hydrogen) atoms. The number of ether oxygens (including phenoxy) is 4. The van der Waals surface area contributed by atoms with Crippen molar-refractivity contribution in [2.24, 2.45) is 5.92 Å². The van der Waals surface area contributed by atoms with Crippen LogP contribution in [0.2, 0.25) is 0 Å². The Morgan fingerprint density at radius 2 is 1.44 bits per heavy atom. The largest absolute Gasteiger partial charge is 0.493 e. The number of esters is 3. The zero-order valence-electron chi connectivity index (χ0n) is 19.0. The third kappa shape index (κ3) is 5.05. The van der Waals surface area contributed by atoms with E-state index >= 15 is 0 Å². The van der Waals surface area contributed by atoms with Crippen molar-refractivity contribution in [3.8, 4) is 11.5 Å². The minimum atomic E-state index is -3.99. The molecule has 182 valence electrons. The fourth-order valence-corrected chi connectivity index (χ4v) is 5.33. The zero-order chi connectivity index (χ0) is 24.9. The molecule has 2 aromatic rings. The standard InChI is InChI=1S/C23H25NO9S/c1-30-18-9-6-8-17(23(27)32-3)20(18)33-21(25)15-11-13-24(14-12-15)34(28,29)19-10-5-4-7-16(19)22(26)31-2/h4-10,15H,11-14H2,1-3H3. The molecule has 0 spiro atoms. The Kier molecular flexibility index (Phi) is 7.90. The summed E-state index contributed by atoms with van der Waals surface area (Å²) < 4.78 is 47.7. The Balaban J connectivity index is 1.75. The molecule has 0 atom stereocenters. The van der Waals surface area contributed by atoms with Crippen molar-refractivity contribution in [1.29, 1.82) is 0 Å². The lowest BCUT2D eigenvalue weighted by Crippen LogP contribution is -2.41. The summed E-state index contributed by atoms with van der Waals surface area (Å²) in [5.41, 5.74) is -0.0207. The van der Waals surface area contributed by atoms with Crippen LogP contribution in [0, 0.1) is 5.92 Å². The molecule has 0 saturated carbocycles. The topological polar surface area (TPSA) is 126 Å². The first kappa shape index (κ1) is 25.2. The molecule has 0 unspecified atom stereocenters. The summed E-state index contributed by atoms with van der Waals surface area (Å²) in [6.07, 6.45) is 0.391. The second kappa shape index (κ2) is 10.7. The van der Waals surface area contributed by atoms with Crippen LogP contribution in [0.1, 0.15) is 33.6 Å². The fraction of sp³-hybridized carbons (Fsp3) is 0.348. The molecular weight excluding hydrogens is 466 g/mol. The van der Waals surface area contributed by atoms with Crippen LogP contribution in [0.5, 0.6) is 11.5 Å². The van der Waals surface area contributed by atoms with E-state index in [4.69, 9.17) is 18.9 Å². The van der Waals surface area contributed by atoms with Gasteiger partial charge in [-0.1, -0.05) is 18.2 Å². The molecule has 2 aromatic carbocycles. The number of para-hydroxylation sites is 1. The molecule has 0 aliphatic carbocycles. The molecule has 11 heteroatoms. The van der Waals surface area contributed by atoms with Gasteiger partial charge in [0.25, 0.3) is 0 Å². The Hall–Kier alpha value is -3.44. The maximum Gasteiger partial charge on any atom is 0.341 e. The van der Waals surface area contributed by atoms with Gasteiger partial charge in [-0.05, 0) is 37.1 Å². The number of carbonyl (C=O) groups excluding carboxylic acids is 3. The van der Waals surface area contributed by atoms with Gasteiger partial charge in [-0.15, -0.1) is 0 Å². The number of carbonyl (C=O) groups is 3. The van der Waals surface area contributed by atoms with Gasteiger partial charge in [-0.2, -0.15) is 4.31 Å². The van der Waals surface area contributed by atoms with Gasteiger partial charge in [0.15, 0.2) is 11.5 Å². The molecule has 0 amide bonds. The molecule has 0 N–H and O–H groups in total. The van der Waals surface area contributed by atoms with E-state index in [1.807, 2.05) is 0 Å². The van der Waals surface area contributed by atoms with Gasteiger partial charge in [-0.25, -0.2) is 18.0 Å². The van der Waals surface area contributed by atoms with Gasteiger partial charge in [0.05, 0.1) is 37.7 Å². The zero-order valence-corrected chi connectivity index (χ0v) is 19.8. The van der Waals surface area contributed by atoms with E-state index in [9.17, 15) is 22.8 Å². The normalized spacial score (nSPS) is 14.8. The summed E-state index contributed by atoms with van der Waals surface area (Å²) in [4.78, 5) is 36.8. The van der Waals surface area contributed by atoms with Crippen LogP contribution < -0.4 is 9.47 Å². The lowest BCUT2D eigenvalue weighted by molar-refractivity contribution is -0.140. The van der Waals surface area contributed by atoms with Gasteiger partial charge in [0, 0.05) is 13.1 Å². The first-order chi connectivity index (χ1) is 16.2. The van der Waals surface area contributed by atoms with Gasteiger partial charge in [0.2, 0.25) is 10.0 Å². The lowest BCUT2D eigenvalue weighted by atomic mass is 9.98. The van der Waals surface area contributed by atoms with E-state index in [-0.39, 0.29) is 53.5 Å². The van der Waals surface area contributed by atoms with Crippen molar-refractivity contribution >= 4 is 27.9 Å². The number of hydrogen-bond donors (Lipinski definition) is 0. The summed E-state index contributed by atoms with van der Waals surface area (Å²) in [5, 5.41) is 0. The lowest BCUT2D eigenvalue weighted by Gasteiger charge is -2.30. The number of rotatable bonds is 7. The predicted molar refractivity (Wildman–Crippen MR) is 119 cm³/mol. The van der Waals surface area contributed by atoms with Crippen LogP contribution in [0.25, 0.3) is 0 Å². The summed E-state index contributed by atoms with van der Waals surface area (Å²) in [5.74, 6) is -2.51. The minimum absolute atomic E-state index is 0.0367. The first-order valence-corrected chi connectivity index (χ1v) is 11.8. The molecule has 1 aliphatic rings. The van der Waals surface area contributed by atoms with Crippen molar-refractivity contribution in [1.82, 2.24) is 4.31 Å². The van der Waals surface area contributed by atoms with Gasteiger partial charge in [0.1, 0.15) is 5.56 Å². The van der Waals surface area contributed by atoms with E-state index in [0.717, 1.165) is 0 Å². The fourth-order valence-electron chi connectivity index (χ4n) is 3.68. The van der Waals surface area contributed by atoms with Crippen LogP contribution >= 0.6 is 0 Å². The first-order valence-electron chi connectivity index (χ1n) is 10.4. The van der Waals surface area contributed by atoms with E-state index < -0.39 is 33.8 Å². The van der Waals surface area contributed by atoms with Crippen molar-refractivity contribution in [2.45, 2.75) is 17.7 Å². The van der Waals surface area contributed by atoms with Gasteiger partial charge < -0.3 is 18.9 Å². The molecule has 1 fully saturated rings. The molecule has 1 aliphatic heterocycles. The van der Waals surface area contributed by atoms with E-state index in [2.05, 4.69) is 0 Å². The van der Waals surface area contributed by atoms with Gasteiger partial charge in [-0.3, -0.25) is 4.79 Å². The van der Waals surface area contributed by atoms with Crippen molar-refractivity contribution < 1.29 is 41.7 Å². The highest BCUT2D eigenvalue weighted by atomic mass is 32.2. The number of methoxy groups -OCH3 is 3. The monoisotopic (exact) mass is 491 g/mol. The van der Waals surface area contributed by atoms with E-state index in [1.54, 1.807) is 18.2 Å². The highest BCUT2D eigenvalue weighted by Crippen LogP contribution is 2.34. The van der Waals surface area contributed by atoms with Crippen LogP contribution in [0.3, 0.4) is 0 Å². The second-order valence-electron chi connectivity index (χ2n) is 7.42. The molecule has 1 heterocycles. The Bertz CT molecular complexity index is 1180. The number of hydrogen-bond acceptors (Lipinski definition) is 9. The van der Waals surface area contributed by atoms with Crippen molar-refractivity contribution in [2.75, 3.05) is 34.4 Å². The Morgan fingerprint density at radius 3 is 2.06 bits per heavy atom. The second-order valence-corrected chi connectivity index (χ2v) is 9.32. The van der Waals surface area contributed by atoms with Crippen LogP contribution in [0.4, 0.5) is 0 Å². The number of piperidine rings is 1. The predicted octanol–water partition coefficient (Wildman–Crippen LogP) is 2.27. The quantitative estimate of drug-likeness (QED) is 0.423. The van der Waals surface area contributed by atoms with Crippen molar-refractivity contribution in [3.63, 3.8) is 0 Å². The van der Waals surface area contributed by atoms with Crippen LogP contribution in [-0.4, -0.2) is 65.0 Å². The van der Waals surface area contributed by atoms with E-state index in [0.29, 0.717) is 0 Å². The molecule has 3 rings (SSSR count). The number of nitrogens with zero attached hydrogens (tertiary/aromatic N) is 1. The van der Waals surface area contributed by atoms with E-state index in [1.165, 1.54) is 49.9 Å². The Labute approximate surface area is 197 Å². The average Bonchev–Trinajstić information content (AvgIpc) is 2.87. The number of sulfonamides is 1. The summed E-state index contributed by atoms with van der Waals surface area (Å²) in [6.45, 7) is 0.0980. The molecule has 10 nitrogen and oxygen atoms in total. The Morgan fingerprint density at radius 1 is 0.853 bits per heavy atom. The molecule has 0 aromatic heterocycles. The van der Waals surface area contributed by atoms with Crippen molar-refractivity contribution in [3.05, 3.63) is 53.6 Å². The average molecular weight is 492 g/mol. The van der Waals surface area contributed by atoms with Gasteiger partial charge >= 0.3 is 17.9 Å². The highest BCUT2D eigenvalue weighted by molar-refractivity contribution is 7.89. The summed E-state index contributed by atoms with van der Waals surface area (Å²) in [7, 11) is -0.223. The number of benzene rings is 2. The smallest absolute Gasteiger partial charge is 0.341 e. The molecular formula is C23H25NO9S. The highest BCUT2D eigenvalue weighted by Gasteiger charge is 2.35. The third-order valence-electron chi connectivity index (χ3n) is 5.50. The third-order valence-corrected chi connectivity index (χ3v) is 7.46. The minimum Gasteiger partial charge on any atom is -0.493 e. The molecule has 0 radical (unpaired) electrons. The molecule has 0 bridgehead atoms. The van der Waals surface area contributed by atoms with Crippen LogP contribution in [-0.2, 0) is 24.3 Å². The summed E-state index contributed by atoms with van der Waals surface area (Å²) in [6, 6.07) is 10.4. The molecule has 1 saturated heterocycles. The SMILES string of the molecule is COC(=O)c1ccccc1S(=O)(=O)N1CCC(C(=O)Oc2c(OC)cccc2C(=O)OC)CC1.